The molecule has 0 fully saturated rings. The van der Waals surface area contributed by atoms with E-state index in [1.54, 1.807) is 24.3 Å². The average molecular weight is 380 g/mol. The molecule has 0 radical (unpaired) electrons. The van der Waals surface area contributed by atoms with E-state index in [1.807, 2.05) is 6.07 Å². The second-order valence-corrected chi connectivity index (χ2v) is 5.44. The Bertz CT molecular complexity index is 957. The summed E-state index contributed by atoms with van der Waals surface area (Å²) in [5, 5.41) is 20.7. The number of aromatic carboxylic acids is 1. The Morgan fingerprint density at radius 1 is 1.18 bits per heavy atom. The molecule has 0 aliphatic rings. The second-order valence-electron chi connectivity index (χ2n) is 5.44. The van der Waals surface area contributed by atoms with Gasteiger partial charge in [0.25, 0.3) is 5.91 Å². The molecule has 2 aromatic rings. The maximum atomic E-state index is 12.3. The zero-order valence-corrected chi connectivity index (χ0v) is 14.8. The van der Waals surface area contributed by atoms with Gasteiger partial charge >= 0.3 is 11.9 Å². The molecule has 0 spiro atoms. The Hall–Kier alpha value is -4.12. The third kappa shape index (κ3) is 5.71. The number of rotatable bonds is 7. The number of hydrogen-bond donors (Lipinski definition) is 2. The Morgan fingerprint density at radius 3 is 2.50 bits per heavy atom. The zero-order valence-electron chi connectivity index (χ0n) is 14.8. The van der Waals surface area contributed by atoms with Gasteiger partial charge in [0, 0.05) is 5.69 Å². The van der Waals surface area contributed by atoms with Gasteiger partial charge in [0.05, 0.1) is 12.7 Å². The quantitative estimate of drug-likeness (QED) is 0.429. The number of anilines is 1. The minimum atomic E-state index is -1.12. The normalized spacial score (nSPS) is 10.5. The fourth-order valence-corrected chi connectivity index (χ4v) is 2.11. The molecular weight excluding hydrogens is 364 g/mol. The Kier molecular flexibility index (Phi) is 6.88. The number of nitrogens with one attached hydrogen (secondary N) is 1. The first-order chi connectivity index (χ1) is 13.4. The Morgan fingerprint density at radius 2 is 1.89 bits per heavy atom. The van der Waals surface area contributed by atoms with Gasteiger partial charge in [0.1, 0.15) is 17.4 Å². The van der Waals surface area contributed by atoms with E-state index in [9.17, 15) is 19.6 Å². The van der Waals surface area contributed by atoms with E-state index in [-0.39, 0.29) is 23.4 Å². The second kappa shape index (κ2) is 9.54. The van der Waals surface area contributed by atoms with E-state index in [4.69, 9.17) is 9.84 Å². The number of carboxylic acid groups (broad SMARTS) is 1. The van der Waals surface area contributed by atoms with Crippen LogP contribution in [0.1, 0.15) is 15.9 Å². The van der Waals surface area contributed by atoms with Gasteiger partial charge < -0.3 is 19.9 Å². The first kappa shape index (κ1) is 20.2. The van der Waals surface area contributed by atoms with Crippen LogP contribution in [-0.2, 0) is 14.3 Å². The highest BCUT2D eigenvalue weighted by atomic mass is 16.6. The lowest BCUT2D eigenvalue weighted by atomic mass is 10.1. The summed E-state index contributed by atoms with van der Waals surface area (Å²) in [5.41, 5.74) is 0.681. The smallest absolute Gasteiger partial charge is 0.343 e. The van der Waals surface area contributed by atoms with Crippen LogP contribution >= 0.6 is 0 Å². The van der Waals surface area contributed by atoms with Gasteiger partial charge in [-0.05, 0) is 42.0 Å². The number of amides is 1. The van der Waals surface area contributed by atoms with Crippen molar-refractivity contribution in [3.63, 3.8) is 0 Å². The molecule has 0 bridgehead atoms. The van der Waals surface area contributed by atoms with Crippen molar-refractivity contribution in [3.05, 3.63) is 65.2 Å². The van der Waals surface area contributed by atoms with Crippen LogP contribution < -0.4 is 10.1 Å². The molecule has 0 saturated heterocycles. The summed E-state index contributed by atoms with van der Waals surface area (Å²) in [6.45, 7) is -0.229. The van der Waals surface area contributed by atoms with Gasteiger partial charge in [-0.1, -0.05) is 18.2 Å². The lowest BCUT2D eigenvalue weighted by molar-refractivity contribution is -0.142. The molecule has 28 heavy (non-hydrogen) atoms. The minimum Gasteiger partial charge on any atom is -0.482 e. The highest BCUT2D eigenvalue weighted by molar-refractivity contribution is 6.10. The number of methoxy groups -OCH3 is 1. The van der Waals surface area contributed by atoms with Crippen LogP contribution in [0.4, 0.5) is 5.69 Å². The predicted octanol–water partition coefficient (Wildman–Crippen LogP) is 2.48. The van der Waals surface area contributed by atoms with E-state index in [1.165, 1.54) is 37.5 Å². The van der Waals surface area contributed by atoms with Gasteiger partial charge in [-0.15, -0.1) is 0 Å². The number of ether oxygens (including phenoxy) is 2. The van der Waals surface area contributed by atoms with Crippen molar-refractivity contribution >= 4 is 29.6 Å². The first-order valence-electron chi connectivity index (χ1n) is 7.99. The van der Waals surface area contributed by atoms with E-state index in [2.05, 4.69) is 10.1 Å². The molecule has 2 N–H and O–H groups in total. The van der Waals surface area contributed by atoms with Crippen LogP contribution in [0.3, 0.4) is 0 Å². The van der Waals surface area contributed by atoms with Crippen LogP contribution in [0.5, 0.6) is 5.75 Å². The molecule has 2 rings (SSSR count). The van der Waals surface area contributed by atoms with Crippen LogP contribution in [0.25, 0.3) is 6.08 Å². The number of benzene rings is 2. The van der Waals surface area contributed by atoms with E-state index < -0.39 is 17.8 Å². The maximum absolute atomic E-state index is 12.3. The molecule has 0 unspecified atom stereocenters. The van der Waals surface area contributed by atoms with Crippen molar-refractivity contribution in [2.45, 2.75) is 0 Å². The lowest BCUT2D eigenvalue weighted by Gasteiger charge is -2.06. The molecule has 2 aromatic carbocycles. The van der Waals surface area contributed by atoms with E-state index in [0.717, 1.165) is 0 Å². The number of esters is 1. The molecule has 0 aliphatic carbocycles. The monoisotopic (exact) mass is 380 g/mol. The van der Waals surface area contributed by atoms with Crippen LogP contribution in [0.15, 0.2) is 54.1 Å². The topological polar surface area (TPSA) is 126 Å². The summed E-state index contributed by atoms with van der Waals surface area (Å²) in [5.74, 6) is -1.88. The molecular formula is C20H16N2O6. The molecule has 0 aromatic heterocycles. The van der Waals surface area contributed by atoms with Gasteiger partial charge in [0.2, 0.25) is 0 Å². The standard InChI is InChI=1S/C20H16N2O6/c1-27-18(23)12-28-17-7-5-13(6-8-17)9-15(11-21)19(24)22-16-4-2-3-14(10-16)20(25)26/h2-10H,12H2,1H3,(H,22,24)(H,25,26). The summed E-state index contributed by atoms with van der Waals surface area (Å²) < 4.78 is 9.69. The van der Waals surface area contributed by atoms with Gasteiger partial charge in [-0.25, -0.2) is 9.59 Å². The Balaban J connectivity index is 2.09. The number of nitrogens with zero attached hydrogens (tertiary/aromatic N) is 1. The zero-order chi connectivity index (χ0) is 20.5. The summed E-state index contributed by atoms with van der Waals surface area (Å²) in [6.07, 6.45) is 1.38. The fraction of sp³-hybridized carbons (Fsp3) is 0.100. The number of carbonyl (C=O) groups is 3. The number of carboxylic acids is 1. The SMILES string of the molecule is COC(=O)COc1ccc(C=C(C#N)C(=O)Nc2cccc(C(=O)O)c2)cc1. The number of carbonyl (C=O) groups excluding carboxylic acids is 2. The van der Waals surface area contributed by atoms with Crippen LogP contribution in [-0.4, -0.2) is 36.7 Å². The minimum absolute atomic E-state index is 0.0165. The predicted molar refractivity (Wildman–Crippen MR) is 99.6 cm³/mol. The van der Waals surface area contributed by atoms with Gasteiger partial charge in [-0.3, -0.25) is 4.79 Å². The Labute approximate surface area is 160 Å². The fourth-order valence-electron chi connectivity index (χ4n) is 2.11. The molecule has 0 heterocycles. The third-order valence-electron chi connectivity index (χ3n) is 3.51. The van der Waals surface area contributed by atoms with Crippen molar-refractivity contribution in [2.24, 2.45) is 0 Å². The summed E-state index contributed by atoms with van der Waals surface area (Å²) >= 11 is 0. The molecule has 0 aliphatic heterocycles. The van der Waals surface area contributed by atoms with E-state index >= 15 is 0 Å². The molecule has 0 atom stereocenters. The van der Waals surface area contributed by atoms with Crippen molar-refractivity contribution in [1.29, 1.82) is 5.26 Å². The van der Waals surface area contributed by atoms with Crippen molar-refractivity contribution in [3.8, 4) is 11.8 Å². The summed E-state index contributed by atoms with van der Waals surface area (Å²) in [7, 11) is 1.26. The highest BCUT2D eigenvalue weighted by Crippen LogP contribution is 2.16. The molecule has 142 valence electrons. The van der Waals surface area contributed by atoms with Gasteiger partial charge in [-0.2, -0.15) is 5.26 Å². The maximum Gasteiger partial charge on any atom is 0.343 e. The summed E-state index contributed by atoms with van der Waals surface area (Å²) in [6, 6.07) is 13.9. The molecule has 1 amide bonds. The average Bonchev–Trinajstić information content (AvgIpc) is 2.71. The third-order valence-corrected chi connectivity index (χ3v) is 3.51. The van der Waals surface area contributed by atoms with Crippen LogP contribution in [0.2, 0.25) is 0 Å². The number of hydrogen-bond acceptors (Lipinski definition) is 6. The molecule has 0 saturated carbocycles. The highest BCUT2D eigenvalue weighted by Gasteiger charge is 2.11. The summed E-state index contributed by atoms with van der Waals surface area (Å²) in [4.78, 5) is 34.3. The molecule has 8 nitrogen and oxygen atoms in total. The largest absolute Gasteiger partial charge is 0.482 e. The van der Waals surface area contributed by atoms with E-state index in [0.29, 0.717) is 11.3 Å². The van der Waals surface area contributed by atoms with Crippen molar-refractivity contribution in [1.82, 2.24) is 0 Å². The van der Waals surface area contributed by atoms with Crippen molar-refractivity contribution < 1.29 is 29.0 Å². The van der Waals surface area contributed by atoms with Gasteiger partial charge in [0.15, 0.2) is 6.61 Å². The van der Waals surface area contributed by atoms with Crippen LogP contribution in [0, 0.1) is 11.3 Å². The first-order valence-corrected chi connectivity index (χ1v) is 7.99. The lowest BCUT2D eigenvalue weighted by Crippen LogP contribution is -2.14. The van der Waals surface area contributed by atoms with Crippen molar-refractivity contribution in [2.75, 3.05) is 19.0 Å². The molecule has 8 heteroatoms. The number of nitriles is 1.